The SMILES string of the molecule is C=Cc1cc2c(cn1)nc1n2C[C@H](N)[C@@H](c2cc(F)c(F)cc2F)C1. The fourth-order valence-electron chi connectivity index (χ4n) is 3.41. The Morgan fingerprint density at radius 3 is 2.68 bits per heavy atom. The van der Waals surface area contributed by atoms with Crippen LogP contribution in [0.1, 0.15) is 23.0 Å². The first kappa shape index (κ1) is 15.8. The van der Waals surface area contributed by atoms with Gasteiger partial charge >= 0.3 is 0 Å². The molecule has 4 nitrogen and oxygen atoms in total. The van der Waals surface area contributed by atoms with E-state index in [1.807, 2.05) is 10.6 Å². The average molecular weight is 344 g/mol. The molecule has 0 spiro atoms. The number of aromatic nitrogens is 3. The van der Waals surface area contributed by atoms with Crippen molar-refractivity contribution < 1.29 is 13.2 Å². The summed E-state index contributed by atoms with van der Waals surface area (Å²) in [6.07, 6.45) is 3.62. The number of fused-ring (bicyclic) bond motifs is 3. The molecule has 0 radical (unpaired) electrons. The fraction of sp³-hybridized carbons (Fsp3) is 0.222. The molecule has 2 aromatic heterocycles. The summed E-state index contributed by atoms with van der Waals surface area (Å²) in [6.45, 7) is 4.10. The molecule has 128 valence electrons. The van der Waals surface area contributed by atoms with E-state index in [1.165, 1.54) is 0 Å². The van der Waals surface area contributed by atoms with Gasteiger partial charge in [-0.2, -0.15) is 0 Å². The van der Waals surface area contributed by atoms with Crippen molar-refractivity contribution in [1.29, 1.82) is 0 Å². The van der Waals surface area contributed by atoms with Crippen molar-refractivity contribution in [2.45, 2.75) is 24.9 Å². The molecule has 7 heteroatoms. The van der Waals surface area contributed by atoms with Gasteiger partial charge in [0.05, 0.1) is 17.4 Å². The lowest BCUT2D eigenvalue weighted by molar-refractivity contribution is 0.392. The van der Waals surface area contributed by atoms with Crippen LogP contribution < -0.4 is 5.73 Å². The molecule has 2 atom stereocenters. The van der Waals surface area contributed by atoms with Crippen LogP contribution in [0.25, 0.3) is 17.1 Å². The molecule has 0 bridgehead atoms. The summed E-state index contributed by atoms with van der Waals surface area (Å²) in [7, 11) is 0. The topological polar surface area (TPSA) is 56.7 Å². The van der Waals surface area contributed by atoms with Crippen molar-refractivity contribution in [3.8, 4) is 0 Å². The fourth-order valence-corrected chi connectivity index (χ4v) is 3.41. The van der Waals surface area contributed by atoms with Crippen LogP contribution in [-0.2, 0) is 13.0 Å². The van der Waals surface area contributed by atoms with Gasteiger partial charge in [0.1, 0.15) is 17.2 Å². The van der Waals surface area contributed by atoms with Gasteiger partial charge in [0.25, 0.3) is 0 Å². The summed E-state index contributed by atoms with van der Waals surface area (Å²) < 4.78 is 42.9. The molecule has 25 heavy (non-hydrogen) atoms. The van der Waals surface area contributed by atoms with Gasteiger partial charge in [-0.05, 0) is 23.8 Å². The van der Waals surface area contributed by atoms with Gasteiger partial charge in [0, 0.05) is 31.0 Å². The minimum atomic E-state index is -1.21. The number of hydrogen-bond acceptors (Lipinski definition) is 3. The summed E-state index contributed by atoms with van der Waals surface area (Å²) in [4.78, 5) is 8.75. The van der Waals surface area contributed by atoms with Crippen LogP contribution in [0.5, 0.6) is 0 Å². The summed E-state index contributed by atoms with van der Waals surface area (Å²) in [5, 5.41) is 0. The summed E-state index contributed by atoms with van der Waals surface area (Å²) in [5.41, 5.74) is 8.62. The third kappa shape index (κ3) is 2.51. The van der Waals surface area contributed by atoms with Crippen LogP contribution in [0.3, 0.4) is 0 Å². The lowest BCUT2D eigenvalue weighted by Gasteiger charge is -2.30. The molecule has 1 aliphatic rings. The number of nitrogens with two attached hydrogens (primary N) is 1. The van der Waals surface area contributed by atoms with Crippen molar-refractivity contribution in [3.05, 3.63) is 65.5 Å². The minimum absolute atomic E-state index is 0.0783. The summed E-state index contributed by atoms with van der Waals surface area (Å²) >= 11 is 0. The van der Waals surface area contributed by atoms with Crippen molar-refractivity contribution in [2.24, 2.45) is 5.73 Å². The van der Waals surface area contributed by atoms with Crippen molar-refractivity contribution in [1.82, 2.24) is 14.5 Å². The normalized spacial score (nSPS) is 19.8. The standard InChI is InChI=1S/C18H15F3N4/c1-2-9-3-17-16(7-23-9)24-18-5-11(15(22)8-25(17)18)10-4-13(20)14(21)6-12(10)19/h2-4,6-7,11,15H,1,5,8,22H2/t11-,15+/m1/s1. The van der Waals surface area contributed by atoms with Crippen molar-refractivity contribution >= 4 is 17.1 Å². The van der Waals surface area contributed by atoms with Gasteiger partial charge in [-0.15, -0.1) is 0 Å². The Labute approximate surface area is 141 Å². The molecule has 1 aliphatic heterocycles. The molecule has 0 amide bonds. The van der Waals surface area contributed by atoms with E-state index >= 15 is 0 Å². The Morgan fingerprint density at radius 1 is 1.16 bits per heavy atom. The lowest BCUT2D eigenvalue weighted by Crippen LogP contribution is -2.39. The summed E-state index contributed by atoms with van der Waals surface area (Å²) in [6, 6.07) is 2.87. The predicted octanol–water partition coefficient (Wildman–Crippen LogP) is 3.16. The Balaban J connectivity index is 1.79. The average Bonchev–Trinajstić information content (AvgIpc) is 2.94. The number of imidazole rings is 1. The molecule has 0 aliphatic carbocycles. The van der Waals surface area contributed by atoms with E-state index in [0.717, 1.165) is 17.3 Å². The first-order valence-electron chi connectivity index (χ1n) is 7.85. The second-order valence-corrected chi connectivity index (χ2v) is 6.20. The van der Waals surface area contributed by atoms with Crippen LogP contribution in [0.4, 0.5) is 13.2 Å². The predicted molar refractivity (Wildman–Crippen MR) is 88.4 cm³/mol. The number of rotatable bonds is 2. The Morgan fingerprint density at radius 2 is 1.92 bits per heavy atom. The zero-order chi connectivity index (χ0) is 17.7. The van der Waals surface area contributed by atoms with Gasteiger partial charge in [-0.1, -0.05) is 6.58 Å². The highest BCUT2D eigenvalue weighted by atomic mass is 19.2. The lowest BCUT2D eigenvalue weighted by atomic mass is 9.86. The number of benzene rings is 1. The zero-order valence-corrected chi connectivity index (χ0v) is 13.2. The van der Waals surface area contributed by atoms with Crippen LogP contribution in [-0.4, -0.2) is 20.6 Å². The maximum atomic E-state index is 14.2. The van der Waals surface area contributed by atoms with Crippen LogP contribution >= 0.6 is 0 Å². The number of pyridine rings is 1. The van der Waals surface area contributed by atoms with E-state index in [9.17, 15) is 13.2 Å². The molecule has 0 saturated carbocycles. The first-order chi connectivity index (χ1) is 12.0. The first-order valence-corrected chi connectivity index (χ1v) is 7.85. The molecule has 3 aromatic rings. The van der Waals surface area contributed by atoms with Crippen molar-refractivity contribution in [3.63, 3.8) is 0 Å². The Hall–Kier alpha value is -2.67. The maximum absolute atomic E-state index is 14.2. The van der Waals surface area contributed by atoms with Gasteiger partial charge in [0.2, 0.25) is 0 Å². The summed E-state index contributed by atoms with van der Waals surface area (Å²) in [5.74, 6) is -2.84. The van der Waals surface area contributed by atoms with E-state index in [0.29, 0.717) is 30.4 Å². The van der Waals surface area contributed by atoms with E-state index < -0.39 is 29.4 Å². The smallest absolute Gasteiger partial charge is 0.161 e. The highest BCUT2D eigenvalue weighted by Gasteiger charge is 2.32. The molecule has 0 fully saturated rings. The van der Waals surface area contributed by atoms with Gasteiger partial charge < -0.3 is 10.3 Å². The molecule has 1 aromatic carbocycles. The zero-order valence-electron chi connectivity index (χ0n) is 13.2. The van der Waals surface area contributed by atoms with Crippen molar-refractivity contribution in [2.75, 3.05) is 0 Å². The number of halogens is 3. The minimum Gasteiger partial charge on any atom is -0.326 e. The van der Waals surface area contributed by atoms with Gasteiger partial charge in [-0.3, -0.25) is 4.98 Å². The van der Waals surface area contributed by atoms with E-state index in [1.54, 1.807) is 12.3 Å². The highest BCUT2D eigenvalue weighted by molar-refractivity contribution is 5.77. The maximum Gasteiger partial charge on any atom is 0.161 e. The molecule has 0 unspecified atom stereocenters. The number of nitrogens with zero attached hydrogens (tertiary/aromatic N) is 3. The quantitative estimate of drug-likeness (QED) is 0.727. The van der Waals surface area contributed by atoms with E-state index in [2.05, 4.69) is 16.5 Å². The van der Waals surface area contributed by atoms with E-state index in [4.69, 9.17) is 5.73 Å². The molecular weight excluding hydrogens is 329 g/mol. The largest absolute Gasteiger partial charge is 0.326 e. The van der Waals surface area contributed by atoms with Crippen LogP contribution in [0.2, 0.25) is 0 Å². The molecule has 4 rings (SSSR count). The molecule has 2 N–H and O–H groups in total. The molecular formula is C18H15F3N4. The monoisotopic (exact) mass is 344 g/mol. The third-order valence-electron chi connectivity index (χ3n) is 4.70. The second kappa shape index (κ2) is 5.70. The van der Waals surface area contributed by atoms with Gasteiger partial charge in [0.15, 0.2) is 11.6 Å². The molecule has 0 saturated heterocycles. The number of hydrogen-bond donors (Lipinski definition) is 1. The molecule has 3 heterocycles. The second-order valence-electron chi connectivity index (χ2n) is 6.20. The third-order valence-corrected chi connectivity index (χ3v) is 4.70. The highest BCUT2D eigenvalue weighted by Crippen LogP contribution is 2.33. The van der Waals surface area contributed by atoms with Gasteiger partial charge in [-0.25, -0.2) is 18.2 Å². The van der Waals surface area contributed by atoms with Crippen LogP contribution in [0, 0.1) is 17.5 Å². The van der Waals surface area contributed by atoms with Crippen LogP contribution in [0.15, 0.2) is 31.0 Å². The van der Waals surface area contributed by atoms with E-state index in [-0.39, 0.29) is 5.56 Å². The Kier molecular flexibility index (Phi) is 3.61. The Bertz CT molecular complexity index is 996.